The molecule has 1 aromatic carbocycles. The number of aryl methyl sites for hydroxylation is 1. The summed E-state index contributed by atoms with van der Waals surface area (Å²) in [5, 5.41) is 5.85. The second-order valence-electron chi connectivity index (χ2n) is 5.59. The van der Waals surface area contributed by atoms with Crippen LogP contribution in [0.1, 0.15) is 61.4 Å². The zero-order chi connectivity index (χ0) is 15.1. The third-order valence-electron chi connectivity index (χ3n) is 3.81. The molecule has 2 rings (SSSR count). The van der Waals surface area contributed by atoms with E-state index < -0.39 is 0 Å². The molecule has 2 amide bonds. The number of carbonyl (C=O) groups excluding carboxylic acids is 2. The Kier molecular flexibility index (Phi) is 5.78. The van der Waals surface area contributed by atoms with E-state index in [4.69, 9.17) is 0 Å². The average molecular weight is 288 g/mol. The van der Waals surface area contributed by atoms with Gasteiger partial charge in [-0.1, -0.05) is 26.2 Å². The molecule has 0 fully saturated rings. The van der Waals surface area contributed by atoms with Crippen LogP contribution in [0.15, 0.2) is 18.2 Å². The SMILES string of the molecule is CCCCCCNC(=O)c1ccc2c(c1)CCCC(=O)N2. The standard InChI is InChI=1S/C17H24N2O2/c1-2-3-4-5-11-18-17(21)14-9-10-15-13(12-14)7-6-8-16(20)19-15/h9-10,12H,2-8,11H2,1H3,(H,18,21)(H,19,20). The van der Waals surface area contributed by atoms with Gasteiger partial charge in [0.2, 0.25) is 5.91 Å². The van der Waals surface area contributed by atoms with Crippen molar-refractivity contribution in [2.24, 2.45) is 0 Å². The van der Waals surface area contributed by atoms with Crippen LogP contribution in [0.4, 0.5) is 5.69 Å². The van der Waals surface area contributed by atoms with E-state index in [0.717, 1.165) is 43.5 Å². The van der Waals surface area contributed by atoms with Crippen molar-refractivity contribution in [3.8, 4) is 0 Å². The Morgan fingerprint density at radius 3 is 2.90 bits per heavy atom. The van der Waals surface area contributed by atoms with Crippen molar-refractivity contribution in [2.75, 3.05) is 11.9 Å². The van der Waals surface area contributed by atoms with Crippen LogP contribution < -0.4 is 10.6 Å². The normalized spacial score (nSPS) is 14.0. The van der Waals surface area contributed by atoms with Crippen molar-refractivity contribution in [1.29, 1.82) is 0 Å². The van der Waals surface area contributed by atoms with Gasteiger partial charge >= 0.3 is 0 Å². The monoisotopic (exact) mass is 288 g/mol. The van der Waals surface area contributed by atoms with Crippen LogP contribution in [0, 0.1) is 0 Å². The van der Waals surface area contributed by atoms with Gasteiger partial charge in [-0.15, -0.1) is 0 Å². The molecule has 2 N–H and O–H groups in total. The number of benzene rings is 1. The second-order valence-corrected chi connectivity index (χ2v) is 5.59. The summed E-state index contributed by atoms with van der Waals surface area (Å²) in [6, 6.07) is 5.53. The van der Waals surface area contributed by atoms with E-state index in [9.17, 15) is 9.59 Å². The van der Waals surface area contributed by atoms with Gasteiger partial charge < -0.3 is 10.6 Å². The lowest BCUT2D eigenvalue weighted by molar-refractivity contribution is -0.116. The fourth-order valence-electron chi connectivity index (χ4n) is 2.57. The topological polar surface area (TPSA) is 58.2 Å². The summed E-state index contributed by atoms with van der Waals surface area (Å²) in [5.74, 6) is 0.0340. The molecule has 0 aromatic heterocycles. The molecular weight excluding hydrogens is 264 g/mol. The highest BCUT2D eigenvalue weighted by atomic mass is 16.2. The number of unbranched alkanes of at least 4 members (excludes halogenated alkanes) is 3. The first-order valence-electron chi connectivity index (χ1n) is 7.91. The van der Waals surface area contributed by atoms with E-state index >= 15 is 0 Å². The number of hydrogen-bond acceptors (Lipinski definition) is 2. The zero-order valence-corrected chi connectivity index (χ0v) is 12.7. The maximum atomic E-state index is 12.1. The van der Waals surface area contributed by atoms with Crippen LogP contribution in [0.5, 0.6) is 0 Å². The van der Waals surface area contributed by atoms with Crippen molar-refractivity contribution in [2.45, 2.75) is 51.9 Å². The van der Waals surface area contributed by atoms with E-state index in [1.54, 1.807) is 6.07 Å². The molecule has 1 heterocycles. The first-order valence-corrected chi connectivity index (χ1v) is 7.91. The van der Waals surface area contributed by atoms with Gasteiger partial charge in [0.05, 0.1) is 0 Å². The highest BCUT2D eigenvalue weighted by molar-refractivity contribution is 5.97. The number of anilines is 1. The summed E-state index contributed by atoms with van der Waals surface area (Å²) in [6.45, 7) is 2.90. The minimum Gasteiger partial charge on any atom is -0.352 e. The van der Waals surface area contributed by atoms with Crippen LogP contribution in [0.25, 0.3) is 0 Å². The van der Waals surface area contributed by atoms with E-state index in [1.165, 1.54) is 12.8 Å². The molecule has 0 spiro atoms. The Balaban J connectivity index is 1.93. The van der Waals surface area contributed by atoms with Gasteiger partial charge in [0.15, 0.2) is 0 Å². The molecule has 4 heteroatoms. The van der Waals surface area contributed by atoms with E-state index in [0.29, 0.717) is 12.0 Å². The maximum Gasteiger partial charge on any atom is 0.251 e. The number of fused-ring (bicyclic) bond motifs is 1. The van der Waals surface area contributed by atoms with Crippen LogP contribution in [-0.2, 0) is 11.2 Å². The molecular formula is C17H24N2O2. The molecule has 114 valence electrons. The number of amides is 2. The molecule has 0 atom stereocenters. The largest absolute Gasteiger partial charge is 0.352 e. The predicted octanol–water partition coefficient (Wildman–Crippen LogP) is 3.27. The molecule has 1 aromatic rings. The zero-order valence-electron chi connectivity index (χ0n) is 12.7. The molecule has 0 saturated heterocycles. The second kappa shape index (κ2) is 7.81. The van der Waals surface area contributed by atoms with E-state index in [2.05, 4.69) is 17.6 Å². The van der Waals surface area contributed by atoms with Gasteiger partial charge in [0.1, 0.15) is 0 Å². The summed E-state index contributed by atoms with van der Waals surface area (Å²) in [6.07, 6.45) is 6.83. The van der Waals surface area contributed by atoms with E-state index in [1.807, 2.05) is 12.1 Å². The summed E-state index contributed by atoms with van der Waals surface area (Å²) in [7, 11) is 0. The lowest BCUT2D eigenvalue weighted by Crippen LogP contribution is -2.24. The molecule has 0 aliphatic carbocycles. The van der Waals surface area contributed by atoms with Crippen LogP contribution in [0.2, 0.25) is 0 Å². The molecule has 0 bridgehead atoms. The Morgan fingerprint density at radius 1 is 1.24 bits per heavy atom. The van der Waals surface area contributed by atoms with Crippen LogP contribution >= 0.6 is 0 Å². The number of hydrogen-bond donors (Lipinski definition) is 2. The molecule has 0 unspecified atom stereocenters. The lowest BCUT2D eigenvalue weighted by atomic mass is 10.0. The minimum absolute atomic E-state index is 0.0233. The van der Waals surface area contributed by atoms with Gasteiger partial charge in [0, 0.05) is 24.2 Å². The van der Waals surface area contributed by atoms with Gasteiger partial charge in [-0.05, 0) is 43.0 Å². The van der Waals surface area contributed by atoms with Crippen LogP contribution in [0.3, 0.4) is 0 Å². The molecule has 1 aliphatic rings. The van der Waals surface area contributed by atoms with Crippen molar-refractivity contribution in [3.05, 3.63) is 29.3 Å². The molecule has 0 radical (unpaired) electrons. The fraction of sp³-hybridized carbons (Fsp3) is 0.529. The van der Waals surface area contributed by atoms with E-state index in [-0.39, 0.29) is 11.8 Å². The van der Waals surface area contributed by atoms with Gasteiger partial charge in [-0.3, -0.25) is 9.59 Å². The van der Waals surface area contributed by atoms with Crippen molar-refractivity contribution in [3.63, 3.8) is 0 Å². The average Bonchev–Trinajstić information content (AvgIpc) is 2.66. The first-order chi connectivity index (χ1) is 10.2. The first kappa shape index (κ1) is 15.5. The number of rotatable bonds is 6. The predicted molar refractivity (Wildman–Crippen MR) is 84.5 cm³/mol. The highest BCUT2D eigenvalue weighted by Crippen LogP contribution is 2.23. The van der Waals surface area contributed by atoms with Crippen molar-refractivity contribution >= 4 is 17.5 Å². The molecule has 1 aliphatic heterocycles. The molecule has 0 saturated carbocycles. The number of carbonyl (C=O) groups is 2. The van der Waals surface area contributed by atoms with Gasteiger partial charge in [-0.2, -0.15) is 0 Å². The molecule has 4 nitrogen and oxygen atoms in total. The summed E-state index contributed by atoms with van der Waals surface area (Å²) in [5.41, 5.74) is 2.58. The smallest absolute Gasteiger partial charge is 0.251 e. The minimum atomic E-state index is -0.0233. The number of nitrogens with one attached hydrogen (secondary N) is 2. The highest BCUT2D eigenvalue weighted by Gasteiger charge is 2.14. The third kappa shape index (κ3) is 4.59. The third-order valence-corrected chi connectivity index (χ3v) is 3.81. The summed E-state index contributed by atoms with van der Waals surface area (Å²) < 4.78 is 0. The quantitative estimate of drug-likeness (QED) is 0.789. The van der Waals surface area contributed by atoms with Crippen molar-refractivity contribution in [1.82, 2.24) is 5.32 Å². The van der Waals surface area contributed by atoms with Crippen molar-refractivity contribution < 1.29 is 9.59 Å². The Labute approximate surface area is 126 Å². The Hall–Kier alpha value is -1.84. The van der Waals surface area contributed by atoms with Gasteiger partial charge in [-0.25, -0.2) is 0 Å². The Bertz CT molecular complexity index is 512. The fourth-order valence-corrected chi connectivity index (χ4v) is 2.57. The Morgan fingerprint density at radius 2 is 2.10 bits per heavy atom. The lowest BCUT2D eigenvalue weighted by Gasteiger charge is -2.10. The van der Waals surface area contributed by atoms with Gasteiger partial charge in [0.25, 0.3) is 5.91 Å². The van der Waals surface area contributed by atoms with Crippen LogP contribution in [-0.4, -0.2) is 18.4 Å². The molecule has 21 heavy (non-hydrogen) atoms. The maximum absolute atomic E-state index is 12.1. The summed E-state index contributed by atoms with van der Waals surface area (Å²) >= 11 is 0. The summed E-state index contributed by atoms with van der Waals surface area (Å²) in [4.78, 5) is 23.6.